The van der Waals surface area contributed by atoms with Crippen LogP contribution in [0, 0.1) is 0 Å². The molecule has 0 radical (unpaired) electrons. The Morgan fingerprint density at radius 3 is 2.81 bits per heavy atom. The minimum absolute atomic E-state index is 0. The molecule has 0 amide bonds. The lowest BCUT2D eigenvalue weighted by Crippen LogP contribution is -2.40. The van der Waals surface area contributed by atoms with Crippen LogP contribution in [0.3, 0.4) is 0 Å². The fourth-order valence-corrected chi connectivity index (χ4v) is 4.94. The number of guanidine groups is 1. The van der Waals surface area contributed by atoms with E-state index in [9.17, 15) is 0 Å². The van der Waals surface area contributed by atoms with Gasteiger partial charge in [0.1, 0.15) is 0 Å². The molecule has 2 heterocycles. The van der Waals surface area contributed by atoms with Gasteiger partial charge >= 0.3 is 0 Å². The first kappa shape index (κ1) is 22.5. The second-order valence-electron chi connectivity index (χ2n) is 6.43. The van der Waals surface area contributed by atoms with Gasteiger partial charge in [0.2, 0.25) is 0 Å². The zero-order valence-electron chi connectivity index (χ0n) is 15.8. The minimum Gasteiger partial charge on any atom is -0.357 e. The Labute approximate surface area is 188 Å². The zero-order valence-corrected chi connectivity index (χ0v) is 19.8. The first-order valence-electron chi connectivity index (χ1n) is 9.44. The SMILES string of the molecule is CCNC(=NCc1csc(CCc2ccccc2)n1)NCC1CCCS1.I. The van der Waals surface area contributed by atoms with Gasteiger partial charge < -0.3 is 10.6 Å². The molecule has 1 aliphatic rings. The summed E-state index contributed by atoms with van der Waals surface area (Å²) in [4.78, 5) is 9.45. The van der Waals surface area contributed by atoms with Gasteiger partial charge in [-0.2, -0.15) is 11.8 Å². The van der Waals surface area contributed by atoms with Crippen LogP contribution in [0.5, 0.6) is 0 Å². The van der Waals surface area contributed by atoms with Crippen LogP contribution in [0.25, 0.3) is 0 Å². The molecular weight excluding hydrogens is 487 g/mol. The molecule has 27 heavy (non-hydrogen) atoms. The van der Waals surface area contributed by atoms with Crippen LogP contribution < -0.4 is 10.6 Å². The van der Waals surface area contributed by atoms with E-state index in [1.54, 1.807) is 11.3 Å². The Bertz CT molecular complexity index is 684. The molecule has 1 fully saturated rings. The quantitative estimate of drug-likeness (QED) is 0.308. The van der Waals surface area contributed by atoms with Crippen molar-refractivity contribution in [3.05, 3.63) is 52.0 Å². The van der Waals surface area contributed by atoms with E-state index >= 15 is 0 Å². The maximum absolute atomic E-state index is 4.75. The molecule has 7 heteroatoms. The van der Waals surface area contributed by atoms with Crippen molar-refractivity contribution in [3.8, 4) is 0 Å². The van der Waals surface area contributed by atoms with E-state index in [4.69, 9.17) is 9.98 Å². The van der Waals surface area contributed by atoms with Crippen LogP contribution >= 0.6 is 47.1 Å². The number of nitrogens with one attached hydrogen (secondary N) is 2. The molecule has 3 rings (SSSR count). The minimum atomic E-state index is 0. The summed E-state index contributed by atoms with van der Waals surface area (Å²) in [5, 5.41) is 10.9. The topological polar surface area (TPSA) is 49.3 Å². The van der Waals surface area contributed by atoms with E-state index in [0.717, 1.165) is 42.8 Å². The van der Waals surface area contributed by atoms with E-state index in [1.165, 1.54) is 29.2 Å². The molecule has 148 valence electrons. The van der Waals surface area contributed by atoms with Crippen LogP contribution in [0.1, 0.15) is 36.0 Å². The van der Waals surface area contributed by atoms with Gasteiger partial charge in [0.15, 0.2) is 5.96 Å². The van der Waals surface area contributed by atoms with Crippen LogP contribution in [-0.2, 0) is 19.4 Å². The molecule has 0 aliphatic carbocycles. The molecule has 4 nitrogen and oxygen atoms in total. The standard InChI is InChI=1S/C20H28N4S2.HI/c1-2-21-20(23-14-18-9-6-12-25-18)22-13-17-15-26-19(24-17)11-10-16-7-4-3-5-8-16;/h3-5,7-8,15,18H,2,6,9-14H2,1H3,(H2,21,22,23);1H. The van der Waals surface area contributed by atoms with Gasteiger partial charge in [-0.3, -0.25) is 0 Å². The summed E-state index contributed by atoms with van der Waals surface area (Å²) in [7, 11) is 0. The summed E-state index contributed by atoms with van der Waals surface area (Å²) < 4.78 is 0. The Morgan fingerprint density at radius 2 is 2.07 bits per heavy atom. The first-order valence-corrected chi connectivity index (χ1v) is 11.4. The molecule has 1 aliphatic heterocycles. The lowest BCUT2D eigenvalue weighted by molar-refractivity contribution is 0.726. The maximum Gasteiger partial charge on any atom is 0.191 e. The number of hydrogen-bond donors (Lipinski definition) is 2. The summed E-state index contributed by atoms with van der Waals surface area (Å²) in [5.41, 5.74) is 2.43. The van der Waals surface area contributed by atoms with Gasteiger partial charge in [-0.1, -0.05) is 30.3 Å². The van der Waals surface area contributed by atoms with Crippen molar-refractivity contribution in [2.45, 2.75) is 44.4 Å². The summed E-state index contributed by atoms with van der Waals surface area (Å²) >= 11 is 3.81. The summed E-state index contributed by atoms with van der Waals surface area (Å²) in [6, 6.07) is 10.6. The number of halogens is 1. The number of thioether (sulfide) groups is 1. The molecule has 0 bridgehead atoms. The van der Waals surface area contributed by atoms with Crippen LogP contribution in [0.4, 0.5) is 0 Å². The second kappa shape index (κ2) is 12.6. The average Bonchev–Trinajstić information content (AvgIpc) is 3.35. The monoisotopic (exact) mass is 516 g/mol. The van der Waals surface area contributed by atoms with Gasteiger partial charge in [0.25, 0.3) is 0 Å². The average molecular weight is 517 g/mol. The highest BCUT2D eigenvalue weighted by molar-refractivity contribution is 14.0. The Hall–Kier alpha value is -0.800. The molecule has 2 aromatic rings. The van der Waals surface area contributed by atoms with E-state index in [2.05, 4.69) is 65.0 Å². The predicted molar refractivity (Wildman–Crippen MR) is 130 cm³/mol. The Morgan fingerprint density at radius 1 is 1.22 bits per heavy atom. The second-order valence-corrected chi connectivity index (χ2v) is 8.78. The fourth-order valence-electron chi connectivity index (χ4n) is 2.95. The summed E-state index contributed by atoms with van der Waals surface area (Å²) in [5.74, 6) is 2.20. The van der Waals surface area contributed by atoms with Crippen molar-refractivity contribution in [1.29, 1.82) is 0 Å². The number of aliphatic imine (C=N–C) groups is 1. The number of aryl methyl sites for hydroxylation is 2. The molecule has 1 atom stereocenters. The van der Waals surface area contributed by atoms with Crippen molar-refractivity contribution >= 4 is 53.0 Å². The highest BCUT2D eigenvalue weighted by Gasteiger charge is 2.15. The van der Waals surface area contributed by atoms with Crippen molar-refractivity contribution in [2.24, 2.45) is 4.99 Å². The number of hydrogen-bond acceptors (Lipinski definition) is 4. The van der Waals surface area contributed by atoms with E-state index in [1.807, 2.05) is 0 Å². The van der Waals surface area contributed by atoms with Gasteiger partial charge in [0, 0.05) is 30.1 Å². The summed E-state index contributed by atoms with van der Waals surface area (Å²) in [6.45, 7) is 4.61. The zero-order chi connectivity index (χ0) is 18.0. The number of benzene rings is 1. The summed E-state index contributed by atoms with van der Waals surface area (Å²) in [6.07, 6.45) is 4.69. The molecule has 1 saturated heterocycles. The number of rotatable bonds is 8. The van der Waals surface area contributed by atoms with Gasteiger partial charge in [-0.15, -0.1) is 35.3 Å². The van der Waals surface area contributed by atoms with Gasteiger partial charge in [-0.05, 0) is 37.5 Å². The predicted octanol–water partition coefficient (Wildman–Crippen LogP) is 4.50. The van der Waals surface area contributed by atoms with Crippen LogP contribution in [0.2, 0.25) is 0 Å². The molecule has 2 N–H and O–H groups in total. The van der Waals surface area contributed by atoms with Crippen molar-refractivity contribution in [2.75, 3.05) is 18.8 Å². The molecule has 0 saturated carbocycles. The third-order valence-electron chi connectivity index (χ3n) is 4.33. The van der Waals surface area contributed by atoms with Crippen LogP contribution in [-0.4, -0.2) is 35.0 Å². The Kier molecular flexibility index (Phi) is 10.5. The van der Waals surface area contributed by atoms with E-state index in [0.29, 0.717) is 6.54 Å². The van der Waals surface area contributed by atoms with Crippen molar-refractivity contribution in [3.63, 3.8) is 0 Å². The van der Waals surface area contributed by atoms with E-state index < -0.39 is 0 Å². The highest BCUT2D eigenvalue weighted by atomic mass is 127. The molecular formula is C20H29IN4S2. The highest BCUT2D eigenvalue weighted by Crippen LogP contribution is 2.25. The van der Waals surface area contributed by atoms with Crippen LogP contribution in [0.15, 0.2) is 40.7 Å². The number of nitrogens with zero attached hydrogens (tertiary/aromatic N) is 2. The smallest absolute Gasteiger partial charge is 0.191 e. The number of aromatic nitrogens is 1. The third kappa shape index (κ3) is 7.99. The largest absolute Gasteiger partial charge is 0.357 e. The van der Waals surface area contributed by atoms with Crippen molar-refractivity contribution in [1.82, 2.24) is 15.6 Å². The lowest BCUT2D eigenvalue weighted by atomic mass is 10.1. The molecule has 1 unspecified atom stereocenters. The third-order valence-corrected chi connectivity index (χ3v) is 6.69. The Balaban J connectivity index is 0.00000261. The van der Waals surface area contributed by atoms with Gasteiger partial charge in [-0.25, -0.2) is 9.98 Å². The van der Waals surface area contributed by atoms with E-state index in [-0.39, 0.29) is 24.0 Å². The molecule has 1 aromatic carbocycles. The van der Waals surface area contributed by atoms with Crippen molar-refractivity contribution < 1.29 is 0 Å². The molecule has 0 spiro atoms. The molecule has 1 aromatic heterocycles. The first-order chi connectivity index (χ1) is 12.8. The maximum atomic E-state index is 4.75. The normalized spacial score (nSPS) is 16.8. The lowest BCUT2D eigenvalue weighted by Gasteiger charge is -2.14. The van der Waals surface area contributed by atoms with Gasteiger partial charge in [0.05, 0.1) is 17.2 Å². The number of thiazole rings is 1. The fraction of sp³-hybridized carbons (Fsp3) is 0.500.